The molecule has 0 aromatic heterocycles. The summed E-state index contributed by atoms with van der Waals surface area (Å²) in [5.74, 6) is -0.215. The number of nitrogens with zero attached hydrogens (tertiary/aromatic N) is 1. The van der Waals surface area contributed by atoms with Crippen molar-refractivity contribution >= 4 is 11.8 Å². The summed E-state index contributed by atoms with van der Waals surface area (Å²) in [5.41, 5.74) is 1.50. The van der Waals surface area contributed by atoms with E-state index in [4.69, 9.17) is 4.74 Å². The predicted octanol–water partition coefficient (Wildman–Crippen LogP) is 5.49. The molecule has 1 amide bonds. The predicted molar refractivity (Wildman–Crippen MR) is 121 cm³/mol. The van der Waals surface area contributed by atoms with Crippen LogP contribution in [0.1, 0.15) is 59.3 Å². The molecule has 6 nitrogen and oxygen atoms in total. The zero-order valence-corrected chi connectivity index (χ0v) is 19.5. The molecule has 0 bridgehead atoms. The summed E-state index contributed by atoms with van der Waals surface area (Å²) in [6.07, 6.45) is 2.78. The lowest BCUT2D eigenvalue weighted by molar-refractivity contribution is -0.274. The number of carbonyl (C=O) groups is 1. The molecule has 1 aliphatic heterocycles. The molecule has 33 heavy (non-hydrogen) atoms. The van der Waals surface area contributed by atoms with E-state index in [1.54, 1.807) is 18.3 Å². The molecular weight excluding hydrogens is 435 g/mol. The minimum atomic E-state index is -4.69. The summed E-state index contributed by atoms with van der Waals surface area (Å²) in [7, 11) is 0. The van der Waals surface area contributed by atoms with Crippen molar-refractivity contribution in [2.75, 3.05) is 18.0 Å². The van der Waals surface area contributed by atoms with Gasteiger partial charge in [0, 0.05) is 37.1 Å². The Morgan fingerprint density at radius 3 is 2.48 bits per heavy atom. The van der Waals surface area contributed by atoms with Gasteiger partial charge in [-0.15, -0.1) is 13.2 Å². The first-order valence-corrected chi connectivity index (χ1v) is 11.5. The van der Waals surface area contributed by atoms with E-state index in [1.165, 1.54) is 12.1 Å². The van der Waals surface area contributed by atoms with Crippen LogP contribution in [-0.4, -0.2) is 43.2 Å². The molecule has 2 N–H and O–H groups in total. The van der Waals surface area contributed by atoms with Crippen LogP contribution < -0.4 is 20.3 Å². The number of piperidine rings is 1. The fourth-order valence-corrected chi connectivity index (χ4v) is 4.35. The summed E-state index contributed by atoms with van der Waals surface area (Å²) in [6.45, 7) is 7.11. The number of carbonyl (C=O) groups excluding carboxylic acids is 1. The van der Waals surface area contributed by atoms with Gasteiger partial charge in [-0.2, -0.15) is 0 Å². The van der Waals surface area contributed by atoms with Crippen molar-refractivity contribution in [3.63, 3.8) is 0 Å². The highest BCUT2D eigenvalue weighted by Gasteiger charge is 2.31. The largest absolute Gasteiger partial charge is 0.573 e. The summed E-state index contributed by atoms with van der Waals surface area (Å²) in [5, 5.41) is 6.51. The van der Waals surface area contributed by atoms with Crippen molar-refractivity contribution in [3.8, 4) is 5.75 Å². The second-order valence-corrected chi connectivity index (χ2v) is 9.66. The third kappa shape index (κ3) is 8.46. The highest BCUT2D eigenvalue weighted by Crippen LogP contribution is 2.28. The molecule has 1 aromatic carbocycles. The third-order valence-electron chi connectivity index (χ3n) is 5.72. The lowest BCUT2D eigenvalue weighted by Gasteiger charge is -2.38. The van der Waals surface area contributed by atoms with Gasteiger partial charge in [0.15, 0.2) is 0 Å². The summed E-state index contributed by atoms with van der Waals surface area (Å²) in [6, 6.07) is 6.47. The molecule has 0 spiro atoms. The fourth-order valence-electron chi connectivity index (χ4n) is 4.35. The van der Waals surface area contributed by atoms with Gasteiger partial charge in [0.2, 0.25) is 0 Å². The van der Waals surface area contributed by atoms with Crippen molar-refractivity contribution in [1.82, 2.24) is 10.6 Å². The minimum absolute atomic E-state index is 0.182. The maximum absolute atomic E-state index is 12.4. The Hall–Kier alpha value is -2.42. The van der Waals surface area contributed by atoms with Crippen LogP contribution in [0.4, 0.5) is 23.7 Å². The van der Waals surface area contributed by atoms with Crippen LogP contribution in [0, 0.1) is 0 Å². The van der Waals surface area contributed by atoms with E-state index in [0.717, 1.165) is 62.9 Å². The lowest BCUT2D eigenvalue weighted by atomic mass is 9.89. The number of rotatable bonds is 5. The summed E-state index contributed by atoms with van der Waals surface area (Å²) < 4.78 is 46.5. The highest BCUT2D eigenvalue weighted by atomic mass is 19.4. The Kier molecular flexibility index (Phi) is 8.15. The van der Waals surface area contributed by atoms with E-state index in [-0.39, 0.29) is 17.8 Å². The summed E-state index contributed by atoms with van der Waals surface area (Å²) >= 11 is 0. The minimum Gasteiger partial charge on any atom is -0.444 e. The van der Waals surface area contributed by atoms with Crippen LogP contribution in [-0.2, 0) is 4.74 Å². The molecule has 1 aliphatic carbocycles. The van der Waals surface area contributed by atoms with E-state index in [9.17, 15) is 18.0 Å². The molecule has 0 radical (unpaired) electrons. The van der Waals surface area contributed by atoms with Crippen molar-refractivity contribution in [2.45, 2.75) is 83.3 Å². The molecule has 184 valence electrons. The molecule has 2 atom stereocenters. The molecule has 3 rings (SSSR count). The van der Waals surface area contributed by atoms with Crippen LogP contribution in [0.2, 0.25) is 0 Å². The van der Waals surface area contributed by atoms with Crippen LogP contribution in [0.5, 0.6) is 5.75 Å². The van der Waals surface area contributed by atoms with Crippen LogP contribution in [0.3, 0.4) is 0 Å². The molecule has 1 aromatic rings. The van der Waals surface area contributed by atoms with E-state index in [1.807, 2.05) is 20.8 Å². The van der Waals surface area contributed by atoms with E-state index in [2.05, 4.69) is 20.3 Å². The quantitative estimate of drug-likeness (QED) is 0.597. The number of amides is 1. The first kappa shape index (κ1) is 25.2. The maximum atomic E-state index is 12.4. The van der Waals surface area contributed by atoms with Crippen LogP contribution in [0.15, 0.2) is 36.0 Å². The second kappa shape index (κ2) is 10.7. The zero-order valence-electron chi connectivity index (χ0n) is 19.5. The van der Waals surface area contributed by atoms with Gasteiger partial charge >= 0.3 is 12.5 Å². The lowest BCUT2D eigenvalue weighted by Crippen LogP contribution is -2.50. The molecule has 2 unspecified atom stereocenters. The molecule has 9 heteroatoms. The van der Waals surface area contributed by atoms with Crippen molar-refractivity contribution in [2.24, 2.45) is 0 Å². The monoisotopic (exact) mass is 469 g/mol. The number of benzene rings is 1. The number of hydrogen-bond acceptors (Lipinski definition) is 5. The standard InChI is InChI=1S/C24H34F3N3O3/c1-23(2,3)33-22(31)28-15-17-7-4-5-9-21(17)29-18-8-6-14-30(16-18)19-10-12-20(13-11-19)32-24(25,26)27/h10-13,15,18,21,29H,4-9,14,16H2,1-3H3,(H,28,31)/b17-15+. The smallest absolute Gasteiger partial charge is 0.444 e. The Labute approximate surface area is 193 Å². The van der Waals surface area contributed by atoms with E-state index in [0.29, 0.717) is 0 Å². The number of alkyl halides is 3. The van der Waals surface area contributed by atoms with Gasteiger partial charge in [-0.05, 0) is 82.7 Å². The number of hydrogen-bond donors (Lipinski definition) is 2. The summed E-state index contributed by atoms with van der Waals surface area (Å²) in [4.78, 5) is 14.2. The Morgan fingerprint density at radius 2 is 1.82 bits per heavy atom. The number of anilines is 1. The molecule has 1 heterocycles. The fraction of sp³-hybridized carbons (Fsp3) is 0.625. The van der Waals surface area contributed by atoms with Gasteiger partial charge < -0.3 is 19.7 Å². The number of ether oxygens (including phenoxy) is 2. The topological polar surface area (TPSA) is 62.8 Å². The SMILES string of the molecule is CC(C)(C)OC(=O)N/C=C1\CCCCC1NC1CCCN(c2ccc(OC(F)(F)F)cc2)C1. The van der Waals surface area contributed by atoms with Gasteiger partial charge in [-0.3, -0.25) is 5.32 Å². The first-order valence-electron chi connectivity index (χ1n) is 11.5. The number of halogens is 3. The van der Waals surface area contributed by atoms with Crippen molar-refractivity contribution in [3.05, 3.63) is 36.0 Å². The Morgan fingerprint density at radius 1 is 1.09 bits per heavy atom. The van der Waals surface area contributed by atoms with Crippen molar-refractivity contribution in [1.29, 1.82) is 0 Å². The molecule has 2 aliphatic rings. The molecule has 2 fully saturated rings. The highest BCUT2D eigenvalue weighted by molar-refractivity contribution is 5.69. The molecule has 1 saturated heterocycles. The maximum Gasteiger partial charge on any atom is 0.573 e. The van der Waals surface area contributed by atoms with E-state index >= 15 is 0 Å². The molecular formula is C24H34F3N3O3. The van der Waals surface area contributed by atoms with Gasteiger partial charge in [0.25, 0.3) is 0 Å². The number of alkyl carbamates (subject to hydrolysis) is 1. The van der Waals surface area contributed by atoms with Gasteiger partial charge in [-0.25, -0.2) is 4.79 Å². The first-order chi connectivity index (χ1) is 15.5. The third-order valence-corrected chi connectivity index (χ3v) is 5.72. The normalized spacial score (nSPS) is 23.3. The van der Waals surface area contributed by atoms with Crippen molar-refractivity contribution < 1.29 is 27.4 Å². The van der Waals surface area contributed by atoms with Crippen LogP contribution >= 0.6 is 0 Å². The average molecular weight is 470 g/mol. The second-order valence-electron chi connectivity index (χ2n) is 9.66. The van der Waals surface area contributed by atoms with Gasteiger partial charge in [0.1, 0.15) is 11.4 Å². The van der Waals surface area contributed by atoms with Crippen LogP contribution in [0.25, 0.3) is 0 Å². The number of nitrogens with one attached hydrogen (secondary N) is 2. The molecule has 1 saturated carbocycles. The van der Waals surface area contributed by atoms with Gasteiger partial charge in [0.05, 0.1) is 0 Å². The zero-order chi connectivity index (χ0) is 24.1. The average Bonchev–Trinajstić information content (AvgIpc) is 2.71. The Balaban J connectivity index is 1.58. The Bertz CT molecular complexity index is 819. The van der Waals surface area contributed by atoms with Gasteiger partial charge in [-0.1, -0.05) is 6.42 Å². The van der Waals surface area contributed by atoms with E-state index < -0.39 is 18.1 Å².